The first-order valence-corrected chi connectivity index (χ1v) is 6.52. The van der Waals surface area contributed by atoms with Gasteiger partial charge in [0.05, 0.1) is 0 Å². The molecule has 1 aromatic heterocycles. The Morgan fingerprint density at radius 2 is 2.21 bits per heavy atom. The van der Waals surface area contributed by atoms with Crippen LogP contribution in [0.4, 0.5) is 5.69 Å². The monoisotopic (exact) mass is 280 g/mol. The number of aryl methyl sites for hydroxylation is 1. The predicted octanol–water partition coefficient (Wildman–Crippen LogP) is 1.25. The van der Waals surface area contributed by atoms with Crippen LogP contribution in [0.2, 0.25) is 0 Å². The number of pyridine rings is 1. The van der Waals surface area contributed by atoms with E-state index in [1.165, 1.54) is 0 Å². The normalized spacial score (nSPS) is 10.7. The quantitative estimate of drug-likeness (QED) is 0.501. The van der Waals surface area contributed by atoms with Crippen molar-refractivity contribution in [3.05, 3.63) is 40.3 Å². The van der Waals surface area contributed by atoms with Gasteiger partial charge in [0.1, 0.15) is 0 Å². The number of hydrogen-bond acceptors (Lipinski definition) is 4. The number of allylic oxidation sites excluding steroid dienone is 1. The zero-order valence-corrected chi connectivity index (χ0v) is 12.3. The van der Waals surface area contributed by atoms with Crippen molar-refractivity contribution in [3.8, 4) is 0 Å². The molecule has 1 heterocycles. The van der Waals surface area contributed by atoms with Gasteiger partial charge in [-0.3, -0.25) is 0 Å². The van der Waals surface area contributed by atoms with E-state index in [2.05, 4.69) is 12.1 Å². The number of hydrogen-bond donors (Lipinski definition) is 1. The third kappa shape index (κ3) is 3.30. The zero-order valence-electron chi connectivity index (χ0n) is 11.5. The van der Waals surface area contributed by atoms with E-state index in [-0.39, 0.29) is 22.2 Å². The molecule has 19 heavy (non-hydrogen) atoms. The van der Waals surface area contributed by atoms with Gasteiger partial charge >= 0.3 is 116 Å². The standard InChI is InChI=1S/C12H17BN2O3S/c1-6-12(3,4)10-8(2)15(5)7-9(11(10)16)14-18-13-19-17/h6-7,14H,1H2,2-5H3. The van der Waals surface area contributed by atoms with Crippen LogP contribution in [0.1, 0.15) is 25.1 Å². The summed E-state index contributed by atoms with van der Waals surface area (Å²) in [4.78, 5) is 12.4. The fourth-order valence-corrected chi connectivity index (χ4v) is 1.95. The van der Waals surface area contributed by atoms with Crippen molar-refractivity contribution in [2.24, 2.45) is 7.05 Å². The molecule has 1 rings (SSSR count). The van der Waals surface area contributed by atoms with E-state index in [1.807, 2.05) is 32.4 Å². The molecule has 0 atom stereocenters. The van der Waals surface area contributed by atoms with Crippen LogP contribution in [0.15, 0.2) is 23.6 Å². The third-order valence-corrected chi connectivity index (χ3v) is 3.27. The van der Waals surface area contributed by atoms with Crippen LogP contribution in [-0.4, -0.2) is 15.1 Å². The van der Waals surface area contributed by atoms with Crippen molar-refractivity contribution in [2.75, 3.05) is 5.48 Å². The molecule has 0 aromatic carbocycles. The molecule has 0 aliphatic carbocycles. The first kappa shape index (κ1) is 15.6. The molecule has 0 radical (unpaired) electrons. The van der Waals surface area contributed by atoms with Crippen molar-refractivity contribution in [2.45, 2.75) is 26.2 Å². The van der Waals surface area contributed by atoms with E-state index in [1.54, 1.807) is 12.3 Å². The summed E-state index contributed by atoms with van der Waals surface area (Å²) in [5.74, 6) is 0. The third-order valence-electron chi connectivity index (χ3n) is 3.10. The first-order chi connectivity index (χ1) is 8.85. The molecule has 0 saturated carbocycles. The Kier molecular flexibility index (Phi) is 5.02. The van der Waals surface area contributed by atoms with Gasteiger partial charge in [-0.15, -0.1) is 0 Å². The Bertz CT molecular complexity index is 604. The molecule has 1 N–H and O–H groups in total. The van der Waals surface area contributed by atoms with Crippen LogP contribution < -0.4 is 10.9 Å². The van der Waals surface area contributed by atoms with E-state index < -0.39 is 5.41 Å². The molecule has 7 heteroatoms. The summed E-state index contributed by atoms with van der Waals surface area (Å²) in [6.45, 7) is 9.51. The topological polar surface area (TPSA) is 60.3 Å². The number of nitrogens with zero attached hydrogens (tertiary/aromatic N) is 1. The Morgan fingerprint density at radius 3 is 2.74 bits per heavy atom. The average molecular weight is 280 g/mol. The van der Waals surface area contributed by atoms with Crippen LogP contribution in [0.3, 0.4) is 0 Å². The van der Waals surface area contributed by atoms with Crippen molar-refractivity contribution < 1.29 is 8.96 Å². The van der Waals surface area contributed by atoms with Gasteiger partial charge in [0.2, 0.25) is 0 Å². The summed E-state index contributed by atoms with van der Waals surface area (Å²) in [6, 6.07) is 0. The van der Waals surface area contributed by atoms with Gasteiger partial charge < -0.3 is 0 Å². The summed E-state index contributed by atoms with van der Waals surface area (Å²) in [5.41, 5.74) is 3.65. The molecule has 0 aliphatic rings. The fraction of sp³-hybridized carbons (Fsp3) is 0.417. The van der Waals surface area contributed by atoms with Crippen molar-refractivity contribution in [1.29, 1.82) is 0 Å². The molecule has 5 nitrogen and oxygen atoms in total. The molecule has 1 aromatic rings. The maximum absolute atomic E-state index is 12.4. The predicted molar refractivity (Wildman–Crippen MR) is 78.2 cm³/mol. The van der Waals surface area contributed by atoms with E-state index in [0.717, 1.165) is 12.1 Å². The van der Waals surface area contributed by atoms with Gasteiger partial charge in [0.25, 0.3) is 0 Å². The number of aromatic nitrogens is 1. The average Bonchev–Trinajstić information content (AvgIpc) is 2.35. The van der Waals surface area contributed by atoms with Crippen molar-refractivity contribution in [1.82, 2.24) is 4.57 Å². The summed E-state index contributed by atoms with van der Waals surface area (Å²) >= 11 is 0.164. The molecule has 0 aliphatic heterocycles. The first-order valence-electron chi connectivity index (χ1n) is 5.71. The van der Waals surface area contributed by atoms with Gasteiger partial charge in [-0.2, -0.15) is 0 Å². The minimum atomic E-state index is -0.451. The van der Waals surface area contributed by atoms with Gasteiger partial charge in [0.15, 0.2) is 0 Å². The van der Waals surface area contributed by atoms with Crippen LogP contribution in [0.25, 0.3) is 0 Å². The van der Waals surface area contributed by atoms with Crippen molar-refractivity contribution in [3.63, 3.8) is 0 Å². The number of nitrogens with one attached hydrogen (secondary N) is 1. The Morgan fingerprint density at radius 1 is 1.58 bits per heavy atom. The second-order valence-corrected chi connectivity index (χ2v) is 5.17. The molecular formula is C12H17BN2O3S. The second kappa shape index (κ2) is 6.12. The summed E-state index contributed by atoms with van der Waals surface area (Å²) in [5, 5.41) is 0. The Hall–Kier alpha value is -1.47. The van der Waals surface area contributed by atoms with Crippen LogP contribution >= 0.6 is 0 Å². The Balaban J connectivity index is 3.43. The number of anilines is 1. The van der Waals surface area contributed by atoms with Crippen molar-refractivity contribution >= 4 is 23.1 Å². The molecule has 0 unspecified atom stereocenters. The summed E-state index contributed by atoms with van der Waals surface area (Å²) in [6.07, 6.45) is 4.34. The summed E-state index contributed by atoms with van der Waals surface area (Å²) in [7, 11) is 1.84. The molecule has 0 amide bonds. The van der Waals surface area contributed by atoms with E-state index >= 15 is 0 Å². The Labute approximate surface area is 116 Å². The summed E-state index contributed by atoms with van der Waals surface area (Å²) < 4.78 is 16.8. The second-order valence-electron chi connectivity index (χ2n) is 4.78. The van der Waals surface area contributed by atoms with E-state index in [0.29, 0.717) is 5.56 Å². The van der Waals surface area contributed by atoms with Crippen LogP contribution in [-0.2, 0) is 28.3 Å². The van der Waals surface area contributed by atoms with Gasteiger partial charge in [-0.05, 0) is 0 Å². The molecule has 0 saturated heterocycles. The fourth-order valence-electron chi connectivity index (χ4n) is 1.87. The van der Waals surface area contributed by atoms with Crippen LogP contribution in [0, 0.1) is 6.92 Å². The van der Waals surface area contributed by atoms with Gasteiger partial charge in [-0.25, -0.2) is 0 Å². The molecule has 0 spiro atoms. The maximum atomic E-state index is 12.4. The molecule has 0 bridgehead atoms. The molecule has 0 fully saturated rings. The molecular weight excluding hydrogens is 263 g/mol. The SMILES string of the molecule is C=CC(C)(C)c1c(C)n(C)cc(NOB=S=O)c1=O. The van der Waals surface area contributed by atoms with E-state index in [4.69, 9.17) is 4.76 Å². The van der Waals surface area contributed by atoms with Gasteiger partial charge in [-0.1, -0.05) is 0 Å². The molecule has 102 valence electrons. The van der Waals surface area contributed by atoms with Gasteiger partial charge in [0, 0.05) is 0 Å². The van der Waals surface area contributed by atoms with E-state index in [9.17, 15) is 9.00 Å². The number of rotatable bonds is 5. The minimum absolute atomic E-state index is 0.162. The van der Waals surface area contributed by atoms with Crippen LogP contribution in [0.5, 0.6) is 0 Å². The zero-order chi connectivity index (χ0) is 14.6.